The fourth-order valence-electron chi connectivity index (χ4n) is 0.429. The van der Waals surface area contributed by atoms with E-state index >= 15 is 0 Å². The number of alkyl halides is 1. The molecule has 0 fully saturated rings. The lowest BCUT2D eigenvalue weighted by Gasteiger charge is -2.01. The Kier molecular flexibility index (Phi) is 11.7. The minimum absolute atomic E-state index is 0. The lowest BCUT2D eigenvalue weighted by molar-refractivity contribution is -0.00000382. The van der Waals surface area contributed by atoms with Gasteiger partial charge in [-0.05, 0) is 10.9 Å². The van der Waals surface area contributed by atoms with Crippen LogP contribution >= 0.6 is 22.6 Å². The smallest absolute Gasteiger partial charge is 0.134 e. The normalized spacial score (nSPS) is 13.0. The van der Waals surface area contributed by atoms with Crippen LogP contribution in [0.5, 0.6) is 0 Å². The van der Waals surface area contributed by atoms with Crippen LogP contribution in [0.15, 0.2) is 0 Å². The number of halogens is 2. The second-order valence-electron chi connectivity index (χ2n) is 1.96. The highest BCUT2D eigenvalue weighted by atomic mass is 127. The van der Waals surface area contributed by atoms with Crippen molar-refractivity contribution in [2.45, 2.75) is 6.10 Å². The van der Waals surface area contributed by atoms with E-state index in [9.17, 15) is 0 Å². The quantitative estimate of drug-likeness (QED) is 0.334. The molecule has 1 atom stereocenters. The first-order chi connectivity index (χ1) is 3.66. The Morgan fingerprint density at radius 1 is 1.56 bits per heavy atom. The fraction of sp³-hybridized carbons (Fsp3) is 1.00. The van der Waals surface area contributed by atoms with E-state index in [1.807, 2.05) is 0 Å². The van der Waals surface area contributed by atoms with Gasteiger partial charge in [0.1, 0.15) is 11.9 Å². The number of hydrogen-bond donors (Lipinski definition) is 1. The van der Waals surface area contributed by atoms with E-state index in [1.165, 1.54) is 0 Å². The lowest BCUT2D eigenvalue weighted by Crippen LogP contribution is -3.00. The summed E-state index contributed by atoms with van der Waals surface area (Å²) in [6, 6.07) is 0. The van der Waals surface area contributed by atoms with Crippen molar-refractivity contribution >= 4 is 33.5 Å². The van der Waals surface area contributed by atoms with Gasteiger partial charge in [-0.15, -0.1) is 0 Å². The van der Waals surface area contributed by atoms with Crippen LogP contribution < -0.4 is 24.0 Å². The van der Waals surface area contributed by atoms with Gasteiger partial charge >= 0.3 is 0 Å². The molecule has 9 heavy (non-hydrogen) atoms. The van der Waals surface area contributed by atoms with Crippen LogP contribution in [0.2, 0.25) is 0 Å². The molecule has 0 aliphatic rings. The van der Waals surface area contributed by atoms with Gasteiger partial charge in [-0.25, -0.2) is 0 Å². The van der Waals surface area contributed by atoms with Crippen molar-refractivity contribution in [2.24, 2.45) is 0 Å². The molecule has 0 saturated carbocycles. The molecule has 0 bridgehead atoms. The summed E-state index contributed by atoms with van der Waals surface area (Å²) in [5.41, 5.74) is 0. The topological polar surface area (TPSA) is 20.2 Å². The standard InChI is InChI=1S/C5H12IOS.HI/c1-8(2)4-5(7)3-6;/h5,7H,3-4H2,1-2H3;1H/q+1;/p-1. The molecule has 0 aromatic heterocycles. The van der Waals surface area contributed by atoms with E-state index in [4.69, 9.17) is 5.11 Å². The summed E-state index contributed by atoms with van der Waals surface area (Å²) in [4.78, 5) is 0. The van der Waals surface area contributed by atoms with Gasteiger partial charge < -0.3 is 29.1 Å². The minimum atomic E-state index is -0.0751. The lowest BCUT2D eigenvalue weighted by atomic mass is 10.5. The van der Waals surface area contributed by atoms with Crippen LogP contribution in [0, 0.1) is 0 Å². The van der Waals surface area contributed by atoms with Gasteiger partial charge in [-0.3, -0.25) is 0 Å². The number of aliphatic hydroxyl groups excluding tert-OH is 1. The Labute approximate surface area is 90.5 Å². The summed E-state index contributed by atoms with van der Waals surface area (Å²) in [5.74, 6) is 0.961. The Balaban J connectivity index is 0. The molecule has 1 nitrogen and oxygen atoms in total. The third kappa shape index (κ3) is 9.77. The second kappa shape index (κ2) is 7.87. The highest BCUT2D eigenvalue weighted by Crippen LogP contribution is 1.95. The summed E-state index contributed by atoms with van der Waals surface area (Å²) in [6.45, 7) is 0. The zero-order valence-electron chi connectivity index (χ0n) is 5.60. The SMILES string of the molecule is C[S+](C)CC(O)CI.[I-]. The Morgan fingerprint density at radius 2 is 2.00 bits per heavy atom. The summed E-state index contributed by atoms with van der Waals surface area (Å²) < 4.78 is 0.864. The molecular formula is C5H12I2OS. The number of rotatable bonds is 3. The molecule has 0 rings (SSSR count). The van der Waals surface area contributed by atoms with Crippen LogP contribution in [0.25, 0.3) is 0 Å². The van der Waals surface area contributed by atoms with Crippen LogP contribution in [0.4, 0.5) is 0 Å². The monoisotopic (exact) mass is 374 g/mol. The molecule has 4 heteroatoms. The van der Waals surface area contributed by atoms with Crippen molar-refractivity contribution in [3.05, 3.63) is 0 Å². The molecule has 0 radical (unpaired) electrons. The van der Waals surface area contributed by atoms with E-state index in [0.717, 1.165) is 10.2 Å². The molecule has 0 aromatic carbocycles. The predicted octanol–water partition coefficient (Wildman–Crippen LogP) is -2.34. The van der Waals surface area contributed by atoms with Gasteiger partial charge in [0.05, 0.1) is 12.5 Å². The van der Waals surface area contributed by atoms with E-state index < -0.39 is 0 Å². The summed E-state index contributed by atoms with van der Waals surface area (Å²) >= 11 is 2.20. The Bertz CT molecular complexity index is 60.9. The molecule has 1 N–H and O–H groups in total. The molecule has 0 amide bonds. The van der Waals surface area contributed by atoms with E-state index in [0.29, 0.717) is 10.9 Å². The van der Waals surface area contributed by atoms with Crippen LogP contribution in [-0.4, -0.2) is 33.9 Å². The van der Waals surface area contributed by atoms with Gasteiger partial charge in [0, 0.05) is 4.43 Å². The van der Waals surface area contributed by atoms with Crippen LogP contribution in [-0.2, 0) is 10.9 Å². The summed E-state index contributed by atoms with van der Waals surface area (Å²) in [7, 11) is 0.400. The van der Waals surface area contributed by atoms with Crippen molar-refractivity contribution in [3.63, 3.8) is 0 Å². The average Bonchev–Trinajstić information content (AvgIpc) is 1.65. The first kappa shape index (κ1) is 13.4. The fourth-order valence-corrected chi connectivity index (χ4v) is 2.05. The molecular weight excluding hydrogens is 362 g/mol. The maximum atomic E-state index is 9.03. The van der Waals surface area contributed by atoms with Crippen molar-refractivity contribution < 1.29 is 29.1 Å². The van der Waals surface area contributed by atoms with Crippen molar-refractivity contribution in [1.82, 2.24) is 0 Å². The van der Waals surface area contributed by atoms with Gasteiger partial charge in [0.2, 0.25) is 0 Å². The highest BCUT2D eigenvalue weighted by molar-refractivity contribution is 14.1. The molecule has 0 aliphatic heterocycles. The Hall–Kier alpha value is 1.77. The molecule has 1 unspecified atom stereocenters. The minimum Gasteiger partial charge on any atom is -1.00 e. The van der Waals surface area contributed by atoms with Gasteiger partial charge in [0.15, 0.2) is 0 Å². The van der Waals surface area contributed by atoms with Crippen molar-refractivity contribution in [1.29, 1.82) is 0 Å². The third-order valence-corrected chi connectivity index (χ3v) is 2.77. The molecule has 0 spiro atoms. The first-order valence-corrected chi connectivity index (χ1v) is 6.18. The summed E-state index contributed by atoms with van der Waals surface area (Å²) in [6.07, 6.45) is 4.22. The average molecular weight is 374 g/mol. The predicted molar refractivity (Wildman–Crippen MR) is 49.0 cm³/mol. The second-order valence-corrected chi connectivity index (χ2v) is 5.15. The molecule has 0 saturated heterocycles. The van der Waals surface area contributed by atoms with Gasteiger partial charge in [0.25, 0.3) is 0 Å². The van der Waals surface area contributed by atoms with Crippen LogP contribution in [0.3, 0.4) is 0 Å². The zero-order valence-corrected chi connectivity index (χ0v) is 10.7. The molecule has 58 valence electrons. The zero-order chi connectivity index (χ0) is 6.57. The van der Waals surface area contributed by atoms with Crippen molar-refractivity contribution in [2.75, 3.05) is 22.7 Å². The van der Waals surface area contributed by atoms with Crippen molar-refractivity contribution in [3.8, 4) is 0 Å². The molecule has 0 heterocycles. The Morgan fingerprint density at radius 3 is 2.11 bits per heavy atom. The van der Waals surface area contributed by atoms with E-state index in [-0.39, 0.29) is 30.1 Å². The number of aliphatic hydroxyl groups is 1. The first-order valence-electron chi connectivity index (χ1n) is 2.45. The third-order valence-electron chi connectivity index (χ3n) is 0.704. The van der Waals surface area contributed by atoms with Gasteiger partial charge in [-0.2, -0.15) is 0 Å². The highest BCUT2D eigenvalue weighted by Gasteiger charge is 2.09. The van der Waals surface area contributed by atoms with Gasteiger partial charge in [-0.1, -0.05) is 22.6 Å². The van der Waals surface area contributed by atoms with Crippen LogP contribution in [0.1, 0.15) is 0 Å². The summed E-state index contributed by atoms with van der Waals surface area (Å²) in [5, 5.41) is 9.03. The maximum Gasteiger partial charge on any atom is 0.134 e. The largest absolute Gasteiger partial charge is 1.00 e. The molecule has 0 aliphatic carbocycles. The van der Waals surface area contributed by atoms with E-state index in [1.54, 1.807) is 0 Å². The molecule has 0 aromatic rings. The maximum absolute atomic E-state index is 9.03. The van der Waals surface area contributed by atoms with E-state index in [2.05, 4.69) is 35.1 Å². The number of hydrogen-bond acceptors (Lipinski definition) is 1.